The molecule has 0 saturated heterocycles. The Labute approximate surface area is 102 Å². The van der Waals surface area contributed by atoms with Gasteiger partial charge in [-0.15, -0.1) is 0 Å². The predicted octanol–water partition coefficient (Wildman–Crippen LogP) is 2.18. The van der Waals surface area contributed by atoms with E-state index in [0.717, 1.165) is 11.8 Å². The number of ether oxygens (including phenoxy) is 1. The monoisotopic (exact) mass is 236 g/mol. The number of carbonyl (C=O) groups is 1. The van der Waals surface area contributed by atoms with Crippen LogP contribution in [0.15, 0.2) is 30.3 Å². The van der Waals surface area contributed by atoms with Gasteiger partial charge in [-0.1, -0.05) is 44.2 Å². The fourth-order valence-electron chi connectivity index (χ4n) is 1.57. The number of aliphatic hydroxyl groups excluding tert-OH is 1. The summed E-state index contributed by atoms with van der Waals surface area (Å²) in [5.41, 5.74) is 0.270. The molecule has 0 aliphatic heterocycles. The lowest BCUT2D eigenvalue weighted by Gasteiger charge is -2.29. The van der Waals surface area contributed by atoms with Crippen LogP contribution < -0.4 is 0 Å². The first-order chi connectivity index (χ1) is 7.97. The van der Waals surface area contributed by atoms with E-state index in [-0.39, 0.29) is 6.10 Å². The fraction of sp³-hybridized carbons (Fsp3) is 0.500. The lowest BCUT2D eigenvalue weighted by Crippen LogP contribution is -2.40. The average Bonchev–Trinajstić information content (AvgIpc) is 2.36. The molecule has 1 rings (SSSR count). The van der Waals surface area contributed by atoms with Crippen LogP contribution in [0.3, 0.4) is 0 Å². The smallest absolute Gasteiger partial charge is 0.128 e. The summed E-state index contributed by atoms with van der Waals surface area (Å²) in [6.07, 6.45) is -0.417. The Morgan fingerprint density at radius 2 is 1.94 bits per heavy atom. The maximum Gasteiger partial charge on any atom is 0.128 e. The minimum absolute atomic E-state index is 0.379. The van der Waals surface area contributed by atoms with Crippen molar-refractivity contribution in [2.45, 2.75) is 39.6 Å². The third kappa shape index (κ3) is 3.95. The van der Waals surface area contributed by atoms with Gasteiger partial charge in [0.2, 0.25) is 0 Å². The van der Waals surface area contributed by atoms with Crippen LogP contribution in [-0.4, -0.2) is 23.6 Å². The zero-order valence-corrected chi connectivity index (χ0v) is 10.6. The van der Waals surface area contributed by atoms with Gasteiger partial charge in [0.05, 0.1) is 18.8 Å². The normalized spacial score (nSPS) is 15.3. The number of aldehydes is 1. The Balaban J connectivity index is 2.50. The summed E-state index contributed by atoms with van der Waals surface area (Å²) in [6.45, 7) is 5.62. The molecule has 0 bridgehead atoms. The molecular formula is C14H20O3. The van der Waals surface area contributed by atoms with Crippen LogP contribution in [0.1, 0.15) is 26.3 Å². The molecule has 0 unspecified atom stereocenters. The Morgan fingerprint density at radius 3 is 2.47 bits per heavy atom. The zero-order chi connectivity index (χ0) is 12.9. The van der Waals surface area contributed by atoms with E-state index in [1.54, 1.807) is 20.8 Å². The topological polar surface area (TPSA) is 46.5 Å². The van der Waals surface area contributed by atoms with Crippen molar-refractivity contribution in [3.8, 4) is 0 Å². The predicted molar refractivity (Wildman–Crippen MR) is 66.5 cm³/mol. The van der Waals surface area contributed by atoms with Gasteiger partial charge in [-0.05, 0) is 12.5 Å². The Kier molecular flexibility index (Phi) is 4.85. The van der Waals surface area contributed by atoms with Crippen molar-refractivity contribution in [2.75, 3.05) is 0 Å². The molecule has 1 aromatic carbocycles. The summed E-state index contributed by atoms with van der Waals surface area (Å²) in [6, 6.07) is 9.75. The summed E-state index contributed by atoms with van der Waals surface area (Å²) in [5.74, 6) is 0. The third-order valence-corrected chi connectivity index (χ3v) is 2.87. The van der Waals surface area contributed by atoms with Gasteiger partial charge in [-0.25, -0.2) is 0 Å². The fourth-order valence-corrected chi connectivity index (χ4v) is 1.57. The second-order valence-electron chi connectivity index (χ2n) is 4.89. The summed E-state index contributed by atoms with van der Waals surface area (Å²) in [7, 11) is 0. The maximum atomic E-state index is 10.8. The summed E-state index contributed by atoms with van der Waals surface area (Å²) >= 11 is 0. The highest BCUT2D eigenvalue weighted by Crippen LogP contribution is 2.22. The number of carbonyl (C=O) groups excluding carboxylic acids is 1. The zero-order valence-electron chi connectivity index (χ0n) is 10.6. The van der Waals surface area contributed by atoms with E-state index in [2.05, 4.69) is 0 Å². The minimum Gasteiger partial charge on any atom is -0.389 e. The van der Waals surface area contributed by atoms with Crippen LogP contribution in [0.5, 0.6) is 0 Å². The molecule has 94 valence electrons. The third-order valence-electron chi connectivity index (χ3n) is 2.87. The van der Waals surface area contributed by atoms with Crippen LogP contribution in [0, 0.1) is 5.41 Å². The first-order valence-electron chi connectivity index (χ1n) is 5.77. The van der Waals surface area contributed by atoms with Crippen molar-refractivity contribution < 1.29 is 14.6 Å². The molecule has 3 heteroatoms. The number of aliphatic hydroxyl groups is 1. The van der Waals surface area contributed by atoms with Gasteiger partial charge in [-0.3, -0.25) is 0 Å². The van der Waals surface area contributed by atoms with E-state index >= 15 is 0 Å². The first kappa shape index (κ1) is 13.9. The molecule has 1 N–H and O–H groups in total. The van der Waals surface area contributed by atoms with Crippen molar-refractivity contribution in [1.29, 1.82) is 0 Å². The van der Waals surface area contributed by atoms with Crippen LogP contribution in [0.2, 0.25) is 0 Å². The van der Waals surface area contributed by atoms with Crippen LogP contribution in [0.4, 0.5) is 0 Å². The standard InChI is InChI=1S/C14H20O3/c1-11(13(16)14(2,3)10-15)17-9-12-7-5-4-6-8-12/h4-8,10-11,13,16H,9H2,1-3H3/t11-,13-/m1/s1. The molecule has 0 heterocycles. The van der Waals surface area contributed by atoms with Gasteiger partial charge in [0.15, 0.2) is 0 Å². The van der Waals surface area contributed by atoms with E-state index in [4.69, 9.17) is 4.74 Å². The molecule has 0 saturated carbocycles. The van der Waals surface area contributed by atoms with Crippen molar-refractivity contribution in [1.82, 2.24) is 0 Å². The van der Waals surface area contributed by atoms with Gasteiger partial charge in [-0.2, -0.15) is 0 Å². The van der Waals surface area contributed by atoms with Crippen LogP contribution in [-0.2, 0) is 16.1 Å². The van der Waals surface area contributed by atoms with Crippen molar-refractivity contribution in [2.24, 2.45) is 5.41 Å². The Bertz CT molecular complexity index is 346. The van der Waals surface area contributed by atoms with Gasteiger partial charge >= 0.3 is 0 Å². The minimum atomic E-state index is -0.802. The average molecular weight is 236 g/mol. The summed E-state index contributed by atoms with van der Waals surface area (Å²) < 4.78 is 5.57. The summed E-state index contributed by atoms with van der Waals surface area (Å²) in [5, 5.41) is 9.97. The molecule has 0 radical (unpaired) electrons. The lowest BCUT2D eigenvalue weighted by atomic mass is 9.85. The molecule has 2 atom stereocenters. The molecule has 1 aromatic rings. The van der Waals surface area contributed by atoms with E-state index in [1.165, 1.54) is 0 Å². The molecule has 0 spiro atoms. The quantitative estimate of drug-likeness (QED) is 0.770. The molecule has 0 amide bonds. The lowest BCUT2D eigenvalue weighted by molar-refractivity contribution is -0.129. The van der Waals surface area contributed by atoms with E-state index in [0.29, 0.717) is 6.61 Å². The largest absolute Gasteiger partial charge is 0.389 e. The molecule has 0 aliphatic rings. The Morgan fingerprint density at radius 1 is 1.35 bits per heavy atom. The highest BCUT2D eigenvalue weighted by molar-refractivity contribution is 5.59. The van der Waals surface area contributed by atoms with Gasteiger partial charge in [0.1, 0.15) is 6.29 Å². The molecule has 17 heavy (non-hydrogen) atoms. The van der Waals surface area contributed by atoms with E-state index in [9.17, 15) is 9.90 Å². The number of rotatable bonds is 6. The van der Waals surface area contributed by atoms with Crippen molar-refractivity contribution in [3.63, 3.8) is 0 Å². The van der Waals surface area contributed by atoms with Gasteiger partial charge in [0.25, 0.3) is 0 Å². The van der Waals surface area contributed by atoms with E-state index in [1.807, 2.05) is 30.3 Å². The molecule has 0 aliphatic carbocycles. The molecule has 0 aromatic heterocycles. The SMILES string of the molecule is C[C@@H](OCc1ccccc1)[C@@H](O)C(C)(C)C=O. The van der Waals surface area contributed by atoms with Crippen LogP contribution in [0.25, 0.3) is 0 Å². The molecule has 3 nitrogen and oxygen atoms in total. The second-order valence-corrected chi connectivity index (χ2v) is 4.89. The van der Waals surface area contributed by atoms with Crippen molar-refractivity contribution in [3.05, 3.63) is 35.9 Å². The highest BCUT2D eigenvalue weighted by Gasteiger charge is 2.32. The van der Waals surface area contributed by atoms with Crippen LogP contribution >= 0.6 is 0 Å². The Hall–Kier alpha value is -1.19. The molecular weight excluding hydrogens is 216 g/mol. The van der Waals surface area contributed by atoms with Gasteiger partial charge in [0, 0.05) is 5.41 Å². The second kappa shape index (κ2) is 5.94. The number of hydrogen-bond acceptors (Lipinski definition) is 3. The van der Waals surface area contributed by atoms with Crippen molar-refractivity contribution >= 4 is 6.29 Å². The van der Waals surface area contributed by atoms with Gasteiger partial charge < -0.3 is 14.6 Å². The molecule has 0 fully saturated rings. The maximum absolute atomic E-state index is 10.8. The van der Waals surface area contributed by atoms with E-state index < -0.39 is 11.5 Å². The first-order valence-corrected chi connectivity index (χ1v) is 5.77. The highest BCUT2D eigenvalue weighted by atomic mass is 16.5. The summed E-state index contributed by atoms with van der Waals surface area (Å²) in [4.78, 5) is 10.8. The number of benzene rings is 1. The number of hydrogen-bond donors (Lipinski definition) is 1.